The zero-order chi connectivity index (χ0) is 33.3. The molecule has 0 bridgehead atoms. The predicted octanol–water partition coefficient (Wildman–Crippen LogP) is 6.60. The number of methoxy groups -OCH3 is 1. The van der Waals surface area contributed by atoms with Crippen LogP contribution in [0, 0.1) is 0 Å². The number of carbonyl (C=O) groups is 4. The first kappa shape index (κ1) is 35.1. The Kier molecular flexibility index (Phi) is 14.1. The summed E-state index contributed by atoms with van der Waals surface area (Å²) in [5.74, 6) is -0.330. The number of benzene rings is 3. The molecule has 0 aromatic heterocycles. The molecular weight excluding hydrogens is 592 g/mol. The SMILES string of the molecule is C=CC(=O)Oc1ccc(CCC(=O)Oc2ccc(OC(=O)c3ccc(OCCCCCCOC(=O)C(=C)C)cc3)cc2OC)cc1. The van der Waals surface area contributed by atoms with Crippen LogP contribution in [0.25, 0.3) is 0 Å². The van der Waals surface area contributed by atoms with E-state index in [4.69, 9.17) is 28.4 Å². The maximum atomic E-state index is 12.7. The van der Waals surface area contributed by atoms with Gasteiger partial charge < -0.3 is 28.4 Å². The van der Waals surface area contributed by atoms with Gasteiger partial charge in [-0.25, -0.2) is 14.4 Å². The van der Waals surface area contributed by atoms with E-state index in [1.54, 1.807) is 55.5 Å². The molecule has 0 fully saturated rings. The third kappa shape index (κ3) is 12.0. The van der Waals surface area contributed by atoms with Crippen molar-refractivity contribution < 1.29 is 47.6 Å². The van der Waals surface area contributed by atoms with Gasteiger partial charge in [0.1, 0.15) is 17.2 Å². The number of esters is 4. The van der Waals surface area contributed by atoms with Crippen molar-refractivity contribution in [2.24, 2.45) is 0 Å². The highest BCUT2D eigenvalue weighted by Gasteiger charge is 2.15. The van der Waals surface area contributed by atoms with Crippen LogP contribution in [-0.4, -0.2) is 44.2 Å². The molecule has 0 saturated carbocycles. The molecule has 0 aliphatic carbocycles. The normalized spacial score (nSPS) is 10.3. The van der Waals surface area contributed by atoms with E-state index in [0.717, 1.165) is 37.3 Å². The van der Waals surface area contributed by atoms with E-state index in [2.05, 4.69) is 13.2 Å². The average molecular weight is 631 g/mol. The van der Waals surface area contributed by atoms with E-state index < -0.39 is 17.9 Å². The van der Waals surface area contributed by atoms with Crippen LogP contribution in [0.4, 0.5) is 0 Å². The zero-order valence-electron chi connectivity index (χ0n) is 26.1. The molecule has 0 heterocycles. The highest BCUT2D eigenvalue weighted by atomic mass is 16.6. The van der Waals surface area contributed by atoms with Crippen molar-refractivity contribution in [2.75, 3.05) is 20.3 Å². The lowest BCUT2D eigenvalue weighted by Crippen LogP contribution is -2.11. The number of carbonyl (C=O) groups excluding carboxylic acids is 4. The number of rotatable bonds is 18. The van der Waals surface area contributed by atoms with Crippen molar-refractivity contribution in [3.05, 3.63) is 103 Å². The third-order valence-electron chi connectivity index (χ3n) is 6.47. The fourth-order valence-corrected chi connectivity index (χ4v) is 3.99. The molecule has 0 spiro atoms. The fourth-order valence-electron chi connectivity index (χ4n) is 3.99. The summed E-state index contributed by atoms with van der Waals surface area (Å²) in [5, 5.41) is 0. The standard InChI is InChI=1S/C36H38O10/c1-5-33(37)44-29-15-10-26(11-16-29)12-21-34(38)46-31-20-19-30(24-32(31)41-4)45-36(40)27-13-17-28(18-14-27)42-22-8-6-7-9-23-43-35(39)25(2)3/h5,10-11,13-20,24H,1-2,6-9,12,21-23H2,3-4H3. The lowest BCUT2D eigenvalue weighted by Gasteiger charge is -2.12. The smallest absolute Gasteiger partial charge is 0.343 e. The molecular formula is C36H38O10. The Morgan fingerprint density at radius 2 is 1.39 bits per heavy atom. The van der Waals surface area contributed by atoms with Crippen LogP contribution in [0.3, 0.4) is 0 Å². The first-order valence-electron chi connectivity index (χ1n) is 14.8. The van der Waals surface area contributed by atoms with Crippen molar-refractivity contribution in [1.82, 2.24) is 0 Å². The Balaban J connectivity index is 1.41. The van der Waals surface area contributed by atoms with Crippen molar-refractivity contribution >= 4 is 23.9 Å². The van der Waals surface area contributed by atoms with E-state index in [1.165, 1.54) is 25.3 Å². The minimum absolute atomic E-state index is 0.0974. The van der Waals surface area contributed by atoms with Crippen LogP contribution in [0.5, 0.6) is 28.7 Å². The molecule has 10 nitrogen and oxygen atoms in total. The second kappa shape index (κ2) is 18.4. The summed E-state index contributed by atoms with van der Waals surface area (Å²) in [6, 6.07) is 17.9. The van der Waals surface area contributed by atoms with Crippen LogP contribution < -0.4 is 23.7 Å². The first-order chi connectivity index (χ1) is 22.2. The number of ether oxygens (including phenoxy) is 6. The molecule has 0 aliphatic heterocycles. The highest BCUT2D eigenvalue weighted by molar-refractivity contribution is 5.91. The monoisotopic (exact) mass is 630 g/mol. The summed E-state index contributed by atoms with van der Waals surface area (Å²) in [4.78, 5) is 47.8. The van der Waals surface area contributed by atoms with E-state index in [9.17, 15) is 19.2 Å². The van der Waals surface area contributed by atoms with Gasteiger partial charge in [-0.05, 0) is 93.1 Å². The number of hydrogen-bond acceptors (Lipinski definition) is 10. The van der Waals surface area contributed by atoms with E-state index >= 15 is 0 Å². The number of aryl methyl sites for hydroxylation is 1. The summed E-state index contributed by atoms with van der Waals surface area (Å²) in [5.41, 5.74) is 1.58. The van der Waals surface area contributed by atoms with E-state index in [0.29, 0.717) is 42.3 Å². The zero-order valence-corrected chi connectivity index (χ0v) is 26.1. The maximum Gasteiger partial charge on any atom is 0.343 e. The van der Waals surface area contributed by atoms with Crippen LogP contribution in [-0.2, 0) is 25.5 Å². The molecule has 0 radical (unpaired) electrons. The molecule has 3 aromatic rings. The Morgan fingerprint density at radius 3 is 2.04 bits per heavy atom. The van der Waals surface area contributed by atoms with Crippen LogP contribution >= 0.6 is 0 Å². The van der Waals surface area contributed by atoms with Gasteiger partial charge >= 0.3 is 23.9 Å². The largest absolute Gasteiger partial charge is 0.494 e. The first-order valence-corrected chi connectivity index (χ1v) is 14.8. The Bertz CT molecular complexity index is 1510. The molecule has 10 heteroatoms. The van der Waals surface area contributed by atoms with Gasteiger partial charge in [0.25, 0.3) is 0 Å². The summed E-state index contributed by atoms with van der Waals surface area (Å²) in [6.45, 7) is 9.43. The highest BCUT2D eigenvalue weighted by Crippen LogP contribution is 2.32. The van der Waals surface area contributed by atoms with Crippen molar-refractivity contribution in [1.29, 1.82) is 0 Å². The van der Waals surface area contributed by atoms with Crippen molar-refractivity contribution in [3.8, 4) is 28.7 Å². The number of unbranched alkanes of at least 4 members (excludes halogenated alkanes) is 3. The predicted molar refractivity (Wildman–Crippen MR) is 170 cm³/mol. The second-order valence-electron chi connectivity index (χ2n) is 10.1. The molecule has 0 atom stereocenters. The summed E-state index contributed by atoms with van der Waals surface area (Å²) in [7, 11) is 1.42. The van der Waals surface area contributed by atoms with Crippen molar-refractivity contribution in [2.45, 2.75) is 45.4 Å². The summed E-state index contributed by atoms with van der Waals surface area (Å²) in [6.07, 6.45) is 5.06. The van der Waals surface area contributed by atoms with Gasteiger partial charge in [-0.2, -0.15) is 0 Å². The van der Waals surface area contributed by atoms with Crippen LogP contribution in [0.15, 0.2) is 91.5 Å². The van der Waals surface area contributed by atoms with Gasteiger partial charge in [0.15, 0.2) is 11.5 Å². The van der Waals surface area contributed by atoms with Gasteiger partial charge in [0, 0.05) is 24.1 Å². The minimum atomic E-state index is -0.573. The molecule has 0 unspecified atom stereocenters. The van der Waals surface area contributed by atoms with E-state index in [-0.39, 0.29) is 29.6 Å². The van der Waals surface area contributed by atoms with Gasteiger partial charge in [-0.1, -0.05) is 25.3 Å². The molecule has 46 heavy (non-hydrogen) atoms. The van der Waals surface area contributed by atoms with Gasteiger partial charge in [-0.15, -0.1) is 0 Å². The molecule has 242 valence electrons. The maximum absolute atomic E-state index is 12.7. The molecule has 0 saturated heterocycles. The topological polar surface area (TPSA) is 124 Å². The second-order valence-corrected chi connectivity index (χ2v) is 10.1. The molecule has 0 amide bonds. The Hall–Kier alpha value is -5.38. The van der Waals surface area contributed by atoms with E-state index in [1.807, 2.05) is 0 Å². The third-order valence-corrected chi connectivity index (χ3v) is 6.47. The van der Waals surface area contributed by atoms with Crippen LogP contribution in [0.1, 0.15) is 54.9 Å². The lowest BCUT2D eigenvalue weighted by molar-refractivity contribution is -0.139. The fraction of sp³-hybridized carbons (Fsp3) is 0.278. The molecule has 3 rings (SSSR count). The van der Waals surface area contributed by atoms with Gasteiger partial charge in [0.05, 0.1) is 25.9 Å². The van der Waals surface area contributed by atoms with Gasteiger partial charge in [-0.3, -0.25) is 4.79 Å². The molecule has 3 aromatic carbocycles. The Labute approximate surface area is 268 Å². The van der Waals surface area contributed by atoms with Crippen LogP contribution in [0.2, 0.25) is 0 Å². The van der Waals surface area contributed by atoms with Gasteiger partial charge in [0.2, 0.25) is 0 Å². The summed E-state index contributed by atoms with van der Waals surface area (Å²) < 4.78 is 32.2. The quantitative estimate of drug-likeness (QED) is 0.0657. The lowest BCUT2D eigenvalue weighted by atomic mass is 10.1. The number of hydrogen-bond donors (Lipinski definition) is 0. The minimum Gasteiger partial charge on any atom is -0.494 e. The van der Waals surface area contributed by atoms with Crippen molar-refractivity contribution in [3.63, 3.8) is 0 Å². The molecule has 0 N–H and O–H groups in total. The molecule has 0 aliphatic rings. The average Bonchev–Trinajstić information content (AvgIpc) is 3.06. The Morgan fingerprint density at radius 1 is 0.739 bits per heavy atom. The summed E-state index contributed by atoms with van der Waals surface area (Å²) >= 11 is 0.